The number of halogens is 5. The van der Waals surface area contributed by atoms with Gasteiger partial charge in [-0.2, -0.15) is 0 Å². The van der Waals surface area contributed by atoms with E-state index in [-0.39, 0.29) is 16.5 Å². The van der Waals surface area contributed by atoms with Crippen LogP contribution in [0, 0.1) is 29.1 Å². The van der Waals surface area contributed by atoms with Crippen LogP contribution < -0.4 is 0 Å². The monoisotopic (exact) mass is 440 g/mol. The average Bonchev–Trinajstić information content (AvgIpc) is 2.77. The van der Waals surface area contributed by atoms with Gasteiger partial charge in [0.25, 0.3) is 0 Å². The van der Waals surface area contributed by atoms with Crippen molar-refractivity contribution in [3.8, 4) is 22.3 Å². The van der Waals surface area contributed by atoms with Crippen molar-refractivity contribution in [1.82, 2.24) is 0 Å². The zero-order valence-corrected chi connectivity index (χ0v) is 17.5. The lowest BCUT2D eigenvalue weighted by Crippen LogP contribution is -1.96. The second-order valence-electron chi connectivity index (χ2n) is 7.89. The van der Waals surface area contributed by atoms with Gasteiger partial charge in [0.2, 0.25) is 0 Å². The molecule has 0 unspecified atom stereocenters. The summed E-state index contributed by atoms with van der Waals surface area (Å²) < 4.78 is 70.4. The molecule has 32 heavy (non-hydrogen) atoms. The average molecular weight is 440 g/mol. The topological polar surface area (TPSA) is 0 Å². The zero-order valence-electron chi connectivity index (χ0n) is 17.5. The van der Waals surface area contributed by atoms with Gasteiger partial charge in [0.1, 0.15) is 11.6 Å². The minimum atomic E-state index is -1.74. The van der Waals surface area contributed by atoms with Crippen LogP contribution in [0.15, 0.2) is 60.7 Å². The third-order valence-electron chi connectivity index (χ3n) is 5.66. The van der Waals surface area contributed by atoms with Crippen molar-refractivity contribution >= 4 is 10.8 Å². The predicted molar refractivity (Wildman–Crippen MR) is 118 cm³/mol. The minimum Gasteiger partial charge on any atom is -0.206 e. The smallest absolute Gasteiger partial charge is 0.195 e. The van der Waals surface area contributed by atoms with Gasteiger partial charge in [-0.05, 0) is 64.7 Å². The third-order valence-corrected chi connectivity index (χ3v) is 5.66. The van der Waals surface area contributed by atoms with Gasteiger partial charge < -0.3 is 0 Å². The van der Waals surface area contributed by atoms with Crippen molar-refractivity contribution in [1.29, 1.82) is 0 Å². The number of unbranched alkanes of at least 4 members (excludes halogenated alkanes) is 2. The molecule has 0 aliphatic rings. The third kappa shape index (κ3) is 4.24. The number of hydrogen-bond donors (Lipinski definition) is 0. The molecule has 0 aromatic heterocycles. The molecule has 0 aliphatic heterocycles. The van der Waals surface area contributed by atoms with Crippen LogP contribution in [0.1, 0.15) is 31.7 Å². The zero-order chi connectivity index (χ0) is 22.8. The molecular weight excluding hydrogens is 419 g/mol. The van der Waals surface area contributed by atoms with Gasteiger partial charge in [-0.3, -0.25) is 0 Å². The normalized spacial score (nSPS) is 11.3. The number of fused-ring (bicyclic) bond motifs is 1. The molecule has 4 rings (SSSR count). The van der Waals surface area contributed by atoms with Gasteiger partial charge in [-0.25, -0.2) is 22.0 Å². The standard InChI is InChI=1S/C27H21F5/c1-2-3-4-5-16-6-8-17(9-7-16)18-10-11-21(22(28)13-18)19-12-20-15-24(30)26(31)27(32)25(20)23(29)14-19/h6-15H,2-5H2,1H3. The summed E-state index contributed by atoms with van der Waals surface area (Å²) in [6.07, 6.45) is 4.46. The lowest BCUT2D eigenvalue weighted by atomic mass is 9.96. The summed E-state index contributed by atoms with van der Waals surface area (Å²) in [5, 5.41) is -0.845. The maximum Gasteiger partial charge on any atom is 0.195 e. The second kappa shape index (κ2) is 9.11. The molecule has 0 bridgehead atoms. The summed E-state index contributed by atoms with van der Waals surface area (Å²) in [6.45, 7) is 2.16. The Morgan fingerprint density at radius 3 is 1.97 bits per heavy atom. The van der Waals surface area contributed by atoms with Gasteiger partial charge in [-0.15, -0.1) is 0 Å². The van der Waals surface area contributed by atoms with Crippen LogP contribution in [0.25, 0.3) is 33.0 Å². The molecule has 0 fully saturated rings. The van der Waals surface area contributed by atoms with Crippen LogP contribution in [-0.2, 0) is 6.42 Å². The molecule has 0 nitrogen and oxygen atoms in total. The predicted octanol–water partition coefficient (Wildman–Crippen LogP) is 8.60. The molecule has 0 N–H and O–H groups in total. The summed E-state index contributed by atoms with van der Waals surface area (Å²) in [7, 11) is 0. The highest BCUT2D eigenvalue weighted by atomic mass is 19.2. The summed E-state index contributed by atoms with van der Waals surface area (Å²) in [6, 6.07) is 15.3. The maximum atomic E-state index is 14.9. The highest BCUT2D eigenvalue weighted by Crippen LogP contribution is 2.33. The van der Waals surface area contributed by atoms with Gasteiger partial charge in [0.05, 0.1) is 5.39 Å². The van der Waals surface area contributed by atoms with Gasteiger partial charge in [0.15, 0.2) is 17.5 Å². The molecule has 0 amide bonds. The Bertz CT molecular complexity index is 1280. The molecule has 4 aromatic carbocycles. The number of rotatable bonds is 6. The molecule has 0 aliphatic carbocycles. The van der Waals surface area contributed by atoms with Crippen molar-refractivity contribution in [2.45, 2.75) is 32.6 Å². The fraction of sp³-hybridized carbons (Fsp3) is 0.185. The van der Waals surface area contributed by atoms with E-state index in [1.165, 1.54) is 30.2 Å². The fourth-order valence-corrected chi connectivity index (χ4v) is 3.92. The van der Waals surface area contributed by atoms with Crippen molar-refractivity contribution in [3.05, 3.63) is 95.3 Å². The first-order chi connectivity index (χ1) is 15.4. The first-order valence-electron chi connectivity index (χ1n) is 10.5. The quantitative estimate of drug-likeness (QED) is 0.160. The van der Waals surface area contributed by atoms with Gasteiger partial charge in [0, 0.05) is 5.56 Å². The highest BCUT2D eigenvalue weighted by Gasteiger charge is 2.19. The van der Waals surface area contributed by atoms with Crippen LogP contribution in [0.3, 0.4) is 0 Å². The van der Waals surface area contributed by atoms with Crippen LogP contribution >= 0.6 is 0 Å². The number of hydrogen-bond acceptors (Lipinski definition) is 0. The number of benzene rings is 4. The van der Waals surface area contributed by atoms with E-state index in [2.05, 4.69) is 6.92 Å². The van der Waals surface area contributed by atoms with Crippen LogP contribution in [0.5, 0.6) is 0 Å². The Morgan fingerprint density at radius 1 is 0.594 bits per heavy atom. The molecule has 0 saturated carbocycles. The lowest BCUT2D eigenvalue weighted by molar-refractivity contribution is 0.451. The SMILES string of the molecule is CCCCCc1ccc(-c2ccc(-c3cc(F)c4c(F)c(F)c(F)cc4c3)c(F)c2)cc1. The van der Waals surface area contributed by atoms with Gasteiger partial charge in [-0.1, -0.05) is 56.2 Å². The maximum absolute atomic E-state index is 14.9. The van der Waals surface area contributed by atoms with E-state index in [0.29, 0.717) is 11.6 Å². The van der Waals surface area contributed by atoms with Crippen LogP contribution in [0.4, 0.5) is 22.0 Å². The van der Waals surface area contributed by atoms with E-state index in [0.717, 1.165) is 30.9 Å². The van der Waals surface area contributed by atoms with E-state index in [1.807, 2.05) is 24.3 Å². The summed E-state index contributed by atoms with van der Waals surface area (Å²) in [5.74, 6) is -6.46. The molecule has 0 radical (unpaired) electrons. The summed E-state index contributed by atoms with van der Waals surface area (Å²) in [5.41, 5.74) is 2.92. The molecule has 0 atom stereocenters. The number of aryl methyl sites for hydroxylation is 1. The van der Waals surface area contributed by atoms with Crippen molar-refractivity contribution in [3.63, 3.8) is 0 Å². The molecule has 5 heteroatoms. The fourth-order valence-electron chi connectivity index (χ4n) is 3.92. The highest BCUT2D eigenvalue weighted by molar-refractivity contribution is 5.89. The lowest BCUT2D eigenvalue weighted by Gasteiger charge is -2.10. The van der Waals surface area contributed by atoms with E-state index in [1.54, 1.807) is 6.07 Å². The molecule has 0 heterocycles. The molecular formula is C27H21F5. The van der Waals surface area contributed by atoms with E-state index >= 15 is 0 Å². The van der Waals surface area contributed by atoms with Crippen LogP contribution in [-0.4, -0.2) is 0 Å². The largest absolute Gasteiger partial charge is 0.206 e. The van der Waals surface area contributed by atoms with Crippen molar-refractivity contribution < 1.29 is 22.0 Å². The van der Waals surface area contributed by atoms with Crippen LogP contribution in [0.2, 0.25) is 0 Å². The van der Waals surface area contributed by atoms with Crippen molar-refractivity contribution in [2.75, 3.05) is 0 Å². The minimum absolute atomic E-state index is 0.0795. The second-order valence-corrected chi connectivity index (χ2v) is 7.89. The van der Waals surface area contributed by atoms with E-state index in [4.69, 9.17) is 0 Å². The molecule has 4 aromatic rings. The molecule has 0 saturated heterocycles. The first kappa shape index (κ1) is 22.0. The summed E-state index contributed by atoms with van der Waals surface area (Å²) in [4.78, 5) is 0. The molecule has 0 spiro atoms. The van der Waals surface area contributed by atoms with Gasteiger partial charge >= 0.3 is 0 Å². The Balaban J connectivity index is 1.66. The first-order valence-corrected chi connectivity index (χ1v) is 10.5. The Morgan fingerprint density at radius 2 is 1.28 bits per heavy atom. The van der Waals surface area contributed by atoms with Crippen molar-refractivity contribution in [2.24, 2.45) is 0 Å². The Hall–Kier alpha value is -3.21. The molecule has 164 valence electrons. The summed E-state index contributed by atoms with van der Waals surface area (Å²) >= 11 is 0. The van der Waals surface area contributed by atoms with E-state index in [9.17, 15) is 22.0 Å². The Kier molecular flexibility index (Phi) is 6.26. The Labute approximate surface area is 183 Å². The van der Waals surface area contributed by atoms with E-state index < -0.39 is 34.5 Å².